The first-order valence-electron chi connectivity index (χ1n) is 7.03. The van der Waals surface area contributed by atoms with Gasteiger partial charge in [0.25, 0.3) is 9.05 Å². The van der Waals surface area contributed by atoms with E-state index in [-0.39, 0.29) is 17.0 Å². The van der Waals surface area contributed by atoms with Crippen molar-refractivity contribution >= 4 is 25.6 Å². The van der Waals surface area contributed by atoms with Gasteiger partial charge >= 0.3 is 0 Å². The fourth-order valence-corrected chi connectivity index (χ4v) is 2.54. The van der Waals surface area contributed by atoms with Crippen LogP contribution in [0.5, 0.6) is 0 Å². The van der Waals surface area contributed by atoms with Crippen LogP contribution in [0.15, 0.2) is 11.2 Å². The van der Waals surface area contributed by atoms with Gasteiger partial charge in [0.2, 0.25) is 5.91 Å². The van der Waals surface area contributed by atoms with E-state index in [4.69, 9.17) is 10.7 Å². The van der Waals surface area contributed by atoms with Gasteiger partial charge in [-0.3, -0.25) is 4.79 Å². The lowest BCUT2D eigenvalue weighted by Crippen LogP contribution is -2.37. The summed E-state index contributed by atoms with van der Waals surface area (Å²) in [5.41, 5.74) is 0. The van der Waals surface area contributed by atoms with Gasteiger partial charge in [0.1, 0.15) is 11.9 Å². The maximum Gasteiger partial charge on any atom is 0.280 e. The molecule has 0 aliphatic heterocycles. The van der Waals surface area contributed by atoms with Gasteiger partial charge in [0, 0.05) is 29.3 Å². The Balaban J connectivity index is 3.09. The van der Waals surface area contributed by atoms with E-state index in [1.54, 1.807) is 11.5 Å². The first kappa shape index (κ1) is 18.0. The average Bonchev–Trinajstić information content (AvgIpc) is 2.82. The van der Waals surface area contributed by atoms with Crippen LogP contribution in [-0.4, -0.2) is 29.9 Å². The minimum Gasteiger partial charge on any atom is -0.352 e. The second kappa shape index (κ2) is 7.26. The Bertz CT molecular complexity index is 598. The van der Waals surface area contributed by atoms with Gasteiger partial charge in [-0.2, -0.15) is 0 Å². The molecule has 0 aliphatic rings. The lowest BCUT2D eigenvalue weighted by Gasteiger charge is -2.18. The summed E-state index contributed by atoms with van der Waals surface area (Å²) < 4.78 is 24.4. The van der Waals surface area contributed by atoms with Crippen LogP contribution in [0.2, 0.25) is 0 Å². The molecule has 0 bridgehead atoms. The lowest BCUT2D eigenvalue weighted by molar-refractivity contribution is -0.124. The van der Waals surface area contributed by atoms with E-state index in [9.17, 15) is 13.2 Å². The predicted octanol–water partition coefficient (Wildman–Crippen LogP) is 2.24. The maximum absolute atomic E-state index is 12.2. The second-order valence-electron chi connectivity index (χ2n) is 5.08. The Morgan fingerprint density at radius 3 is 2.52 bits per heavy atom. The van der Waals surface area contributed by atoms with Gasteiger partial charge < -0.3 is 9.88 Å². The van der Waals surface area contributed by atoms with E-state index in [2.05, 4.69) is 10.3 Å². The molecule has 0 radical (unpaired) electrons. The van der Waals surface area contributed by atoms with Crippen LogP contribution in [0.1, 0.15) is 52.4 Å². The molecule has 21 heavy (non-hydrogen) atoms. The number of nitrogens with zero attached hydrogens (tertiary/aromatic N) is 2. The molecule has 1 aromatic rings. The number of nitrogens with one attached hydrogen (secondary N) is 1. The summed E-state index contributed by atoms with van der Waals surface area (Å²) in [5, 5.41) is 2.66. The molecular weight excluding hydrogens is 314 g/mol. The number of hydrogen-bond donors (Lipinski definition) is 1. The van der Waals surface area contributed by atoms with Gasteiger partial charge in [-0.15, -0.1) is 0 Å². The topological polar surface area (TPSA) is 81.1 Å². The van der Waals surface area contributed by atoms with Crippen LogP contribution in [0, 0.1) is 0 Å². The Morgan fingerprint density at radius 1 is 1.43 bits per heavy atom. The molecule has 0 aromatic carbocycles. The van der Waals surface area contributed by atoms with Crippen LogP contribution < -0.4 is 5.32 Å². The van der Waals surface area contributed by atoms with Crippen LogP contribution in [0.25, 0.3) is 0 Å². The summed E-state index contributed by atoms with van der Waals surface area (Å²) in [6.45, 7) is 7.56. The zero-order valence-corrected chi connectivity index (χ0v) is 14.3. The minimum absolute atomic E-state index is 0.0642. The molecule has 1 amide bonds. The van der Waals surface area contributed by atoms with Crippen molar-refractivity contribution in [1.29, 1.82) is 0 Å². The van der Waals surface area contributed by atoms with E-state index in [1.807, 2.05) is 20.8 Å². The number of halogens is 1. The Kier molecular flexibility index (Phi) is 6.22. The van der Waals surface area contributed by atoms with E-state index in [0.717, 1.165) is 12.8 Å². The third kappa shape index (κ3) is 4.71. The molecule has 8 heteroatoms. The fraction of sp³-hybridized carbons (Fsp3) is 0.692. The van der Waals surface area contributed by atoms with Crippen molar-refractivity contribution in [2.45, 2.75) is 64.1 Å². The summed E-state index contributed by atoms with van der Waals surface area (Å²) in [4.78, 5) is 16.2. The Labute approximate surface area is 130 Å². The third-order valence-electron chi connectivity index (χ3n) is 3.31. The number of carbonyl (C=O) groups is 1. The van der Waals surface area contributed by atoms with Crippen LogP contribution in [0.4, 0.5) is 0 Å². The lowest BCUT2D eigenvalue weighted by atomic mass is 10.2. The quantitative estimate of drug-likeness (QED) is 0.775. The molecule has 6 nitrogen and oxygen atoms in total. The van der Waals surface area contributed by atoms with Crippen LogP contribution in [-0.2, 0) is 20.3 Å². The minimum atomic E-state index is -3.90. The molecule has 120 valence electrons. The number of amides is 1. The SMILES string of the molecule is CCCc1nc(S(=O)(=O)Cl)cn1C(C)C(=O)NC(C)CC. The summed E-state index contributed by atoms with van der Waals surface area (Å²) in [6, 6.07) is -0.477. The predicted molar refractivity (Wildman–Crippen MR) is 81.9 cm³/mol. The monoisotopic (exact) mass is 335 g/mol. The highest BCUT2D eigenvalue weighted by Crippen LogP contribution is 2.19. The molecule has 2 unspecified atom stereocenters. The molecule has 0 saturated heterocycles. The zero-order valence-electron chi connectivity index (χ0n) is 12.8. The number of imidazole rings is 1. The van der Waals surface area contributed by atoms with Crippen molar-refractivity contribution in [3.8, 4) is 0 Å². The summed E-state index contributed by atoms with van der Waals surface area (Å²) >= 11 is 0. The van der Waals surface area contributed by atoms with Crippen LogP contribution >= 0.6 is 10.7 Å². The standard InChI is InChI=1S/C13H22ClN3O3S/c1-5-7-11-16-12(21(14,19)20)8-17(11)10(4)13(18)15-9(3)6-2/h8-10H,5-7H2,1-4H3,(H,15,18). The average molecular weight is 336 g/mol. The molecule has 1 aromatic heterocycles. The first-order valence-corrected chi connectivity index (χ1v) is 9.34. The molecule has 0 aliphatic carbocycles. The van der Waals surface area contributed by atoms with E-state index in [0.29, 0.717) is 12.2 Å². The Hall–Kier alpha value is -1.08. The van der Waals surface area contributed by atoms with E-state index < -0.39 is 15.1 Å². The number of rotatable bonds is 7. The number of aryl methyl sites for hydroxylation is 1. The van der Waals surface area contributed by atoms with Crippen molar-refractivity contribution in [3.63, 3.8) is 0 Å². The highest BCUT2D eigenvalue weighted by molar-refractivity contribution is 8.13. The molecule has 1 N–H and O–H groups in total. The molecule has 1 heterocycles. The molecular formula is C13H22ClN3O3S. The molecule has 0 saturated carbocycles. The normalized spacial score (nSPS) is 14.7. The second-order valence-corrected chi connectivity index (χ2v) is 7.60. The molecule has 2 atom stereocenters. The van der Waals surface area contributed by atoms with Gasteiger partial charge in [0.05, 0.1) is 0 Å². The van der Waals surface area contributed by atoms with Crippen LogP contribution in [0.3, 0.4) is 0 Å². The highest BCUT2D eigenvalue weighted by Gasteiger charge is 2.23. The molecule has 1 rings (SSSR count). The summed E-state index contributed by atoms with van der Waals surface area (Å²) in [5.74, 6) is 0.376. The van der Waals surface area contributed by atoms with Crippen molar-refractivity contribution in [2.24, 2.45) is 0 Å². The Morgan fingerprint density at radius 2 is 2.05 bits per heavy atom. The van der Waals surface area contributed by atoms with Crippen molar-refractivity contribution in [3.05, 3.63) is 12.0 Å². The number of aromatic nitrogens is 2. The molecule has 0 fully saturated rings. The van der Waals surface area contributed by atoms with Gasteiger partial charge in [-0.1, -0.05) is 13.8 Å². The van der Waals surface area contributed by atoms with Gasteiger partial charge in [-0.05, 0) is 26.7 Å². The van der Waals surface area contributed by atoms with Gasteiger partial charge in [-0.25, -0.2) is 13.4 Å². The highest BCUT2D eigenvalue weighted by atomic mass is 35.7. The number of carbonyl (C=O) groups excluding carboxylic acids is 1. The first-order chi connectivity index (χ1) is 9.70. The summed E-state index contributed by atoms with van der Waals surface area (Å²) in [6.07, 6.45) is 3.52. The summed E-state index contributed by atoms with van der Waals surface area (Å²) in [7, 11) is 1.43. The fourth-order valence-electron chi connectivity index (χ4n) is 1.86. The van der Waals surface area contributed by atoms with Crippen molar-refractivity contribution in [2.75, 3.05) is 0 Å². The van der Waals surface area contributed by atoms with E-state index >= 15 is 0 Å². The van der Waals surface area contributed by atoms with Crippen molar-refractivity contribution < 1.29 is 13.2 Å². The number of hydrogen-bond acceptors (Lipinski definition) is 4. The zero-order chi connectivity index (χ0) is 16.2. The molecule has 0 spiro atoms. The third-order valence-corrected chi connectivity index (χ3v) is 4.48. The largest absolute Gasteiger partial charge is 0.352 e. The van der Waals surface area contributed by atoms with Gasteiger partial charge in [0.15, 0.2) is 5.03 Å². The maximum atomic E-state index is 12.2. The van der Waals surface area contributed by atoms with Crippen molar-refractivity contribution in [1.82, 2.24) is 14.9 Å². The smallest absolute Gasteiger partial charge is 0.280 e. The van der Waals surface area contributed by atoms with E-state index in [1.165, 1.54) is 6.20 Å².